The van der Waals surface area contributed by atoms with E-state index in [-0.39, 0.29) is 18.3 Å². The molecule has 1 aromatic carbocycles. The molecule has 3 nitrogen and oxygen atoms in total. The summed E-state index contributed by atoms with van der Waals surface area (Å²) >= 11 is 0. The molecule has 4 heteroatoms. The number of halogens is 1. The molecule has 0 saturated carbocycles. The number of nitrogens with one attached hydrogen (secondary N) is 1. The predicted octanol–water partition coefficient (Wildman–Crippen LogP) is 3.34. The summed E-state index contributed by atoms with van der Waals surface area (Å²) in [6.45, 7) is 0. The van der Waals surface area contributed by atoms with Crippen LogP contribution in [0.3, 0.4) is 0 Å². The molecule has 0 atom stereocenters. The predicted molar refractivity (Wildman–Crippen MR) is 65.2 cm³/mol. The SMILES string of the molecule is COC(=N)c1ccc(-c2ccccc2)o1.Cl. The summed E-state index contributed by atoms with van der Waals surface area (Å²) in [6, 6.07) is 13.3. The molecule has 0 unspecified atom stereocenters. The molecule has 1 aromatic heterocycles. The van der Waals surface area contributed by atoms with Gasteiger partial charge in [0.25, 0.3) is 0 Å². The molecular weight excluding hydrogens is 226 g/mol. The van der Waals surface area contributed by atoms with Crippen molar-refractivity contribution < 1.29 is 9.15 Å². The van der Waals surface area contributed by atoms with Gasteiger partial charge in [-0.3, -0.25) is 5.41 Å². The molecule has 0 aliphatic carbocycles. The first kappa shape index (κ1) is 12.3. The van der Waals surface area contributed by atoms with E-state index in [9.17, 15) is 0 Å². The van der Waals surface area contributed by atoms with Gasteiger partial charge in [-0.05, 0) is 12.1 Å². The van der Waals surface area contributed by atoms with Gasteiger partial charge in [-0.2, -0.15) is 0 Å². The molecule has 0 fully saturated rings. The van der Waals surface area contributed by atoms with E-state index in [2.05, 4.69) is 0 Å². The maximum Gasteiger partial charge on any atom is 0.249 e. The number of hydrogen-bond acceptors (Lipinski definition) is 3. The Morgan fingerprint density at radius 2 is 1.81 bits per heavy atom. The Hall–Kier alpha value is -1.74. The monoisotopic (exact) mass is 237 g/mol. The van der Waals surface area contributed by atoms with Crippen LogP contribution in [0.1, 0.15) is 5.76 Å². The normalized spacial score (nSPS) is 9.31. The lowest BCUT2D eigenvalue weighted by Gasteiger charge is -1.97. The molecule has 0 amide bonds. The second-order valence-corrected chi connectivity index (χ2v) is 3.06. The Morgan fingerprint density at radius 1 is 1.12 bits per heavy atom. The van der Waals surface area contributed by atoms with Gasteiger partial charge in [0.05, 0.1) is 7.11 Å². The molecule has 1 N–H and O–H groups in total. The van der Waals surface area contributed by atoms with E-state index in [0.717, 1.165) is 11.3 Å². The number of methoxy groups -OCH3 is 1. The van der Waals surface area contributed by atoms with E-state index in [1.165, 1.54) is 7.11 Å². The van der Waals surface area contributed by atoms with Crippen molar-refractivity contribution in [2.24, 2.45) is 0 Å². The second-order valence-electron chi connectivity index (χ2n) is 3.06. The molecule has 0 aliphatic rings. The molecule has 84 valence electrons. The summed E-state index contributed by atoms with van der Waals surface area (Å²) in [5.41, 5.74) is 0.993. The van der Waals surface area contributed by atoms with Crippen LogP contribution in [-0.4, -0.2) is 13.0 Å². The van der Waals surface area contributed by atoms with Crippen molar-refractivity contribution >= 4 is 18.3 Å². The maximum atomic E-state index is 7.44. The van der Waals surface area contributed by atoms with E-state index < -0.39 is 0 Å². The van der Waals surface area contributed by atoms with Crippen molar-refractivity contribution in [1.29, 1.82) is 5.41 Å². The van der Waals surface area contributed by atoms with Crippen LogP contribution in [0, 0.1) is 5.41 Å². The second kappa shape index (κ2) is 5.37. The van der Waals surface area contributed by atoms with Gasteiger partial charge in [0, 0.05) is 5.56 Å². The number of furan rings is 1. The van der Waals surface area contributed by atoms with Crippen molar-refractivity contribution in [2.75, 3.05) is 7.11 Å². The van der Waals surface area contributed by atoms with Gasteiger partial charge in [0.2, 0.25) is 5.90 Å². The maximum absolute atomic E-state index is 7.44. The van der Waals surface area contributed by atoms with Crippen molar-refractivity contribution in [2.45, 2.75) is 0 Å². The van der Waals surface area contributed by atoms with Crippen LogP contribution in [0.2, 0.25) is 0 Å². The molecule has 0 saturated heterocycles. The smallest absolute Gasteiger partial charge is 0.249 e. The van der Waals surface area contributed by atoms with Gasteiger partial charge in [-0.1, -0.05) is 30.3 Å². The van der Waals surface area contributed by atoms with Crippen LogP contribution in [0.15, 0.2) is 46.9 Å². The van der Waals surface area contributed by atoms with Crippen molar-refractivity contribution in [1.82, 2.24) is 0 Å². The molecule has 0 spiro atoms. The molecular formula is C12H12ClNO2. The fraction of sp³-hybridized carbons (Fsp3) is 0.0833. The summed E-state index contributed by atoms with van der Waals surface area (Å²) in [6.07, 6.45) is 0. The lowest BCUT2D eigenvalue weighted by atomic mass is 10.2. The molecule has 16 heavy (non-hydrogen) atoms. The molecule has 2 rings (SSSR count). The lowest BCUT2D eigenvalue weighted by Crippen LogP contribution is -1.98. The standard InChI is InChI=1S/C12H11NO2.ClH/c1-14-12(13)11-8-7-10(15-11)9-5-3-2-4-6-9;/h2-8,13H,1H3;1H. The van der Waals surface area contributed by atoms with E-state index in [4.69, 9.17) is 14.6 Å². The Kier molecular flexibility index (Phi) is 4.14. The number of rotatable bonds is 2. The summed E-state index contributed by atoms with van der Waals surface area (Å²) in [7, 11) is 1.45. The third kappa shape index (κ3) is 2.44. The number of ether oxygens (including phenoxy) is 1. The Balaban J connectivity index is 0.00000128. The van der Waals surface area contributed by atoms with Crippen LogP contribution in [0.4, 0.5) is 0 Å². The largest absolute Gasteiger partial charge is 0.479 e. The average Bonchev–Trinajstić information content (AvgIpc) is 2.78. The van der Waals surface area contributed by atoms with Gasteiger partial charge >= 0.3 is 0 Å². The average molecular weight is 238 g/mol. The first-order chi connectivity index (χ1) is 7.31. The molecule has 0 radical (unpaired) electrons. The van der Waals surface area contributed by atoms with Crippen LogP contribution in [0.5, 0.6) is 0 Å². The zero-order valence-corrected chi connectivity index (χ0v) is 9.58. The van der Waals surface area contributed by atoms with E-state index in [1.807, 2.05) is 36.4 Å². The summed E-state index contributed by atoms with van der Waals surface area (Å²) in [4.78, 5) is 0. The zero-order chi connectivity index (χ0) is 10.7. The van der Waals surface area contributed by atoms with E-state index in [0.29, 0.717) is 5.76 Å². The van der Waals surface area contributed by atoms with Gasteiger partial charge in [0.15, 0.2) is 5.76 Å². The Bertz CT molecular complexity index is 465. The highest BCUT2D eigenvalue weighted by Gasteiger charge is 2.08. The number of benzene rings is 1. The first-order valence-electron chi connectivity index (χ1n) is 4.59. The molecule has 0 bridgehead atoms. The highest BCUT2D eigenvalue weighted by Crippen LogP contribution is 2.21. The summed E-state index contributed by atoms with van der Waals surface area (Å²) in [5, 5.41) is 7.44. The van der Waals surface area contributed by atoms with E-state index >= 15 is 0 Å². The summed E-state index contributed by atoms with van der Waals surface area (Å²) < 4.78 is 10.2. The quantitative estimate of drug-likeness (QED) is 0.643. The van der Waals surface area contributed by atoms with Gasteiger partial charge in [-0.25, -0.2) is 0 Å². The van der Waals surface area contributed by atoms with E-state index in [1.54, 1.807) is 6.07 Å². The van der Waals surface area contributed by atoms with Crippen molar-refractivity contribution in [3.8, 4) is 11.3 Å². The van der Waals surface area contributed by atoms with Gasteiger partial charge in [0.1, 0.15) is 5.76 Å². The fourth-order valence-electron chi connectivity index (χ4n) is 1.32. The highest BCUT2D eigenvalue weighted by molar-refractivity contribution is 5.89. The minimum atomic E-state index is 0. The Labute approximate surface area is 100.0 Å². The topological polar surface area (TPSA) is 46.2 Å². The summed E-state index contributed by atoms with van der Waals surface area (Å²) in [5.74, 6) is 1.22. The van der Waals surface area contributed by atoms with Crippen LogP contribution in [-0.2, 0) is 4.74 Å². The minimum Gasteiger partial charge on any atom is -0.479 e. The third-order valence-electron chi connectivity index (χ3n) is 2.09. The highest BCUT2D eigenvalue weighted by atomic mass is 35.5. The third-order valence-corrected chi connectivity index (χ3v) is 2.09. The molecule has 1 heterocycles. The Morgan fingerprint density at radius 3 is 2.44 bits per heavy atom. The molecule has 0 aliphatic heterocycles. The zero-order valence-electron chi connectivity index (χ0n) is 8.77. The molecule has 2 aromatic rings. The van der Waals surface area contributed by atoms with Crippen LogP contribution in [0.25, 0.3) is 11.3 Å². The minimum absolute atomic E-state index is 0. The van der Waals surface area contributed by atoms with Gasteiger partial charge in [-0.15, -0.1) is 12.4 Å². The number of hydrogen-bond donors (Lipinski definition) is 1. The lowest BCUT2D eigenvalue weighted by molar-refractivity contribution is 0.385. The van der Waals surface area contributed by atoms with Crippen molar-refractivity contribution in [3.05, 3.63) is 48.2 Å². The fourth-order valence-corrected chi connectivity index (χ4v) is 1.32. The first-order valence-corrected chi connectivity index (χ1v) is 4.59. The van der Waals surface area contributed by atoms with Crippen LogP contribution < -0.4 is 0 Å². The van der Waals surface area contributed by atoms with Gasteiger partial charge < -0.3 is 9.15 Å². The van der Waals surface area contributed by atoms with Crippen LogP contribution >= 0.6 is 12.4 Å². The van der Waals surface area contributed by atoms with Crippen molar-refractivity contribution in [3.63, 3.8) is 0 Å².